The molecule has 0 aliphatic carbocycles. The maximum absolute atomic E-state index is 6.13. The van der Waals surface area contributed by atoms with Gasteiger partial charge in [0.15, 0.2) is 0 Å². The predicted molar refractivity (Wildman–Crippen MR) is 72.1 cm³/mol. The van der Waals surface area contributed by atoms with Gasteiger partial charge in [0.2, 0.25) is 0 Å². The lowest BCUT2D eigenvalue weighted by Crippen LogP contribution is -2.22. The van der Waals surface area contributed by atoms with Gasteiger partial charge in [-0.2, -0.15) is 0 Å². The van der Waals surface area contributed by atoms with Crippen LogP contribution in [-0.2, 0) is 13.0 Å². The molecule has 1 rings (SSSR count). The molecule has 1 nitrogen and oxygen atoms in total. The smallest absolute Gasteiger partial charge is 0.0460 e. The fourth-order valence-electron chi connectivity index (χ4n) is 1.68. The highest BCUT2D eigenvalue weighted by atomic mass is 35.5. The Hall–Kier alpha value is -0.530. The van der Waals surface area contributed by atoms with Crippen molar-refractivity contribution in [3.05, 3.63) is 35.4 Å². The Morgan fingerprint density at radius 2 is 1.75 bits per heavy atom. The minimum absolute atomic E-state index is 0.264. The molecule has 0 heterocycles. The number of nitrogens with one attached hydrogen (secondary N) is 1. The van der Waals surface area contributed by atoms with Crippen molar-refractivity contribution in [3.63, 3.8) is 0 Å². The number of halogens is 1. The summed E-state index contributed by atoms with van der Waals surface area (Å²) >= 11 is 6.13. The fraction of sp³-hybridized carbons (Fsp3) is 0.571. The van der Waals surface area contributed by atoms with E-state index in [4.69, 9.17) is 11.6 Å². The monoisotopic (exact) mass is 239 g/mol. The third-order valence-electron chi connectivity index (χ3n) is 2.73. The van der Waals surface area contributed by atoms with Gasteiger partial charge in [0.25, 0.3) is 0 Å². The molecule has 0 aliphatic heterocycles. The van der Waals surface area contributed by atoms with Crippen molar-refractivity contribution >= 4 is 11.6 Å². The first-order valence-electron chi connectivity index (χ1n) is 6.18. The van der Waals surface area contributed by atoms with E-state index in [1.165, 1.54) is 11.1 Å². The number of benzene rings is 1. The first-order chi connectivity index (χ1) is 7.76. The largest absolute Gasteiger partial charge is 0.311 e. The molecule has 0 radical (unpaired) electrons. The Morgan fingerprint density at radius 3 is 2.31 bits per heavy atom. The zero-order valence-corrected chi connectivity index (χ0v) is 11.1. The Labute approximate surface area is 104 Å². The highest BCUT2D eigenvalue weighted by Crippen LogP contribution is 2.06. The average Bonchev–Trinajstić information content (AvgIpc) is 2.30. The molecule has 0 saturated heterocycles. The molecule has 1 unspecified atom stereocenters. The van der Waals surface area contributed by atoms with Crippen LogP contribution in [0.3, 0.4) is 0 Å². The van der Waals surface area contributed by atoms with Gasteiger partial charge in [0.05, 0.1) is 0 Å². The summed E-state index contributed by atoms with van der Waals surface area (Å²) in [4.78, 5) is 0. The third kappa shape index (κ3) is 5.00. The summed E-state index contributed by atoms with van der Waals surface area (Å²) in [6.45, 7) is 6.15. The number of hydrogen-bond acceptors (Lipinski definition) is 1. The van der Waals surface area contributed by atoms with Crippen LogP contribution in [0.5, 0.6) is 0 Å². The number of hydrogen-bond donors (Lipinski definition) is 1. The maximum atomic E-state index is 6.13. The standard InChI is InChI=1S/C14H22ClN/c1-3-5-14(15)11-16-10-13-8-6-12(4-2)7-9-13/h6-9,14,16H,3-5,10-11H2,1-2H3. The summed E-state index contributed by atoms with van der Waals surface area (Å²) in [6.07, 6.45) is 3.35. The molecule has 90 valence electrons. The zero-order valence-electron chi connectivity index (χ0n) is 10.3. The van der Waals surface area contributed by atoms with Crippen LogP contribution < -0.4 is 5.32 Å². The molecule has 16 heavy (non-hydrogen) atoms. The van der Waals surface area contributed by atoms with Crippen LogP contribution in [0, 0.1) is 0 Å². The lowest BCUT2D eigenvalue weighted by Gasteiger charge is -2.09. The van der Waals surface area contributed by atoms with Crippen LogP contribution in [0.2, 0.25) is 0 Å². The van der Waals surface area contributed by atoms with Crippen molar-refractivity contribution in [2.45, 2.75) is 45.0 Å². The van der Waals surface area contributed by atoms with E-state index in [0.29, 0.717) is 0 Å². The summed E-state index contributed by atoms with van der Waals surface area (Å²) in [5.41, 5.74) is 2.72. The van der Waals surface area contributed by atoms with E-state index in [-0.39, 0.29) is 5.38 Å². The number of rotatable bonds is 7. The van der Waals surface area contributed by atoms with Crippen LogP contribution in [0.1, 0.15) is 37.8 Å². The second-order valence-corrected chi connectivity index (χ2v) is 4.80. The highest BCUT2D eigenvalue weighted by molar-refractivity contribution is 6.20. The minimum Gasteiger partial charge on any atom is -0.311 e. The van der Waals surface area contributed by atoms with Crippen molar-refractivity contribution in [2.24, 2.45) is 0 Å². The van der Waals surface area contributed by atoms with Crippen molar-refractivity contribution < 1.29 is 0 Å². The van der Waals surface area contributed by atoms with Crippen molar-refractivity contribution in [1.82, 2.24) is 5.32 Å². The normalized spacial score (nSPS) is 12.7. The van der Waals surface area contributed by atoms with Gasteiger partial charge in [0, 0.05) is 18.5 Å². The van der Waals surface area contributed by atoms with Crippen molar-refractivity contribution in [1.29, 1.82) is 0 Å². The van der Waals surface area contributed by atoms with E-state index in [1.807, 2.05) is 0 Å². The zero-order chi connectivity index (χ0) is 11.8. The van der Waals surface area contributed by atoms with Gasteiger partial charge in [-0.1, -0.05) is 44.5 Å². The number of aryl methyl sites for hydroxylation is 1. The first kappa shape index (κ1) is 13.5. The molecule has 0 saturated carbocycles. The Bertz CT molecular complexity index is 281. The van der Waals surface area contributed by atoms with Gasteiger partial charge in [-0.25, -0.2) is 0 Å². The van der Waals surface area contributed by atoms with E-state index in [1.54, 1.807) is 0 Å². The predicted octanol–water partition coefficient (Wildman–Crippen LogP) is 3.75. The summed E-state index contributed by atoms with van der Waals surface area (Å²) < 4.78 is 0. The van der Waals surface area contributed by atoms with E-state index in [0.717, 1.165) is 32.4 Å². The lowest BCUT2D eigenvalue weighted by molar-refractivity contribution is 0.623. The molecule has 0 bridgehead atoms. The van der Waals surface area contributed by atoms with Crippen LogP contribution in [0.15, 0.2) is 24.3 Å². The van der Waals surface area contributed by atoms with Gasteiger partial charge >= 0.3 is 0 Å². The van der Waals surface area contributed by atoms with Crippen LogP contribution in [-0.4, -0.2) is 11.9 Å². The molecule has 1 N–H and O–H groups in total. The third-order valence-corrected chi connectivity index (χ3v) is 3.10. The molecular formula is C14H22ClN. The molecule has 0 amide bonds. The molecule has 0 aromatic heterocycles. The minimum atomic E-state index is 0.264. The lowest BCUT2D eigenvalue weighted by atomic mass is 10.1. The van der Waals surface area contributed by atoms with Gasteiger partial charge in [-0.05, 0) is 24.0 Å². The van der Waals surface area contributed by atoms with E-state index < -0.39 is 0 Å². The van der Waals surface area contributed by atoms with Crippen molar-refractivity contribution in [3.8, 4) is 0 Å². The second-order valence-electron chi connectivity index (χ2n) is 4.19. The van der Waals surface area contributed by atoms with Crippen LogP contribution >= 0.6 is 11.6 Å². The summed E-state index contributed by atoms with van der Waals surface area (Å²) in [7, 11) is 0. The van der Waals surface area contributed by atoms with E-state index >= 15 is 0 Å². The quantitative estimate of drug-likeness (QED) is 0.715. The van der Waals surface area contributed by atoms with Gasteiger partial charge in [-0.3, -0.25) is 0 Å². The van der Waals surface area contributed by atoms with Crippen molar-refractivity contribution in [2.75, 3.05) is 6.54 Å². The molecular weight excluding hydrogens is 218 g/mol. The summed E-state index contributed by atoms with van der Waals surface area (Å²) in [6, 6.07) is 8.77. The highest BCUT2D eigenvalue weighted by Gasteiger charge is 2.01. The first-order valence-corrected chi connectivity index (χ1v) is 6.62. The average molecular weight is 240 g/mol. The summed E-state index contributed by atoms with van der Waals surface area (Å²) in [5, 5.41) is 3.66. The molecule has 1 aromatic carbocycles. The van der Waals surface area contributed by atoms with Crippen LogP contribution in [0.25, 0.3) is 0 Å². The Morgan fingerprint density at radius 1 is 1.12 bits per heavy atom. The van der Waals surface area contributed by atoms with Crippen LogP contribution in [0.4, 0.5) is 0 Å². The number of alkyl halides is 1. The van der Waals surface area contributed by atoms with Gasteiger partial charge < -0.3 is 5.32 Å². The summed E-state index contributed by atoms with van der Waals surface area (Å²) in [5.74, 6) is 0. The molecule has 0 aliphatic rings. The topological polar surface area (TPSA) is 12.0 Å². The molecule has 1 atom stereocenters. The maximum Gasteiger partial charge on any atom is 0.0460 e. The molecule has 0 spiro atoms. The molecule has 2 heteroatoms. The Kier molecular flexibility index (Phi) is 6.51. The SMILES string of the molecule is CCCC(Cl)CNCc1ccc(CC)cc1. The fourth-order valence-corrected chi connectivity index (χ4v) is 2.01. The molecule has 0 fully saturated rings. The Balaban J connectivity index is 2.26. The van der Waals surface area contributed by atoms with Gasteiger partial charge in [-0.15, -0.1) is 11.6 Å². The second kappa shape index (κ2) is 7.70. The van der Waals surface area contributed by atoms with E-state index in [9.17, 15) is 0 Å². The molecule has 1 aromatic rings. The van der Waals surface area contributed by atoms with Gasteiger partial charge in [0.1, 0.15) is 0 Å². The van der Waals surface area contributed by atoms with E-state index in [2.05, 4.69) is 43.4 Å².